The first-order valence-electron chi connectivity index (χ1n) is 11.5. The Hall–Kier alpha value is -2.50. The van der Waals surface area contributed by atoms with Gasteiger partial charge in [0, 0.05) is 21.5 Å². The van der Waals surface area contributed by atoms with Gasteiger partial charge >= 0.3 is 0 Å². The molecule has 0 aliphatic rings. The van der Waals surface area contributed by atoms with Gasteiger partial charge in [-0.05, 0) is 84.3 Å². The lowest BCUT2D eigenvalue weighted by Crippen LogP contribution is -2.25. The molecule has 1 heterocycles. The second-order valence-electron chi connectivity index (χ2n) is 8.31. The van der Waals surface area contributed by atoms with Crippen molar-refractivity contribution in [1.82, 2.24) is 14.9 Å². The van der Waals surface area contributed by atoms with Gasteiger partial charge in [0.1, 0.15) is 5.82 Å². The zero-order chi connectivity index (χ0) is 22.5. The van der Waals surface area contributed by atoms with Crippen LogP contribution in [0.5, 0.6) is 0 Å². The molecule has 32 heavy (non-hydrogen) atoms. The van der Waals surface area contributed by atoms with Crippen molar-refractivity contribution in [2.75, 3.05) is 25.0 Å². The van der Waals surface area contributed by atoms with Gasteiger partial charge in [-0.1, -0.05) is 56.3 Å². The topological polar surface area (TPSA) is 41.0 Å². The zero-order valence-corrected chi connectivity index (χ0v) is 20.7. The van der Waals surface area contributed by atoms with E-state index in [2.05, 4.69) is 95.4 Å². The molecule has 4 rings (SSSR count). The highest BCUT2D eigenvalue weighted by molar-refractivity contribution is 9.10. The van der Waals surface area contributed by atoms with E-state index < -0.39 is 0 Å². The van der Waals surface area contributed by atoms with Crippen LogP contribution in [-0.2, 0) is 0 Å². The molecule has 4 nitrogen and oxygen atoms in total. The van der Waals surface area contributed by atoms with Crippen LogP contribution in [-0.4, -0.2) is 40.5 Å². The number of rotatable bonds is 9. The largest absolute Gasteiger partial charge is 0.367 e. The van der Waals surface area contributed by atoms with Crippen molar-refractivity contribution in [2.24, 2.45) is 0 Å². The summed E-state index contributed by atoms with van der Waals surface area (Å²) in [6.45, 7) is 10.0. The molecule has 0 amide bonds. The third kappa shape index (κ3) is 5.11. The molecule has 0 saturated heterocycles. The summed E-state index contributed by atoms with van der Waals surface area (Å²) >= 11 is 3.69. The van der Waals surface area contributed by atoms with E-state index in [1.165, 1.54) is 17.2 Å². The number of anilines is 1. The predicted octanol–water partition coefficient (Wildman–Crippen LogP) is 7.13. The molecule has 4 aromatic rings. The Morgan fingerprint density at radius 1 is 0.938 bits per heavy atom. The number of halogens is 1. The maximum absolute atomic E-state index is 4.98. The quantitative estimate of drug-likeness (QED) is 0.270. The fourth-order valence-corrected chi connectivity index (χ4v) is 4.61. The van der Waals surface area contributed by atoms with Gasteiger partial charge in [0.05, 0.1) is 5.52 Å². The van der Waals surface area contributed by atoms with Crippen LogP contribution in [0.3, 0.4) is 0 Å². The Bertz CT molecular complexity index is 1200. The maximum Gasteiger partial charge on any atom is 0.162 e. The molecule has 0 radical (unpaired) electrons. The van der Waals surface area contributed by atoms with Crippen LogP contribution in [0, 0.1) is 0 Å². The van der Waals surface area contributed by atoms with Crippen LogP contribution in [0.1, 0.15) is 33.6 Å². The predicted molar refractivity (Wildman–Crippen MR) is 140 cm³/mol. The number of fused-ring (bicyclic) bond motifs is 2. The van der Waals surface area contributed by atoms with Crippen molar-refractivity contribution in [2.45, 2.75) is 39.7 Å². The Morgan fingerprint density at radius 3 is 2.50 bits per heavy atom. The van der Waals surface area contributed by atoms with E-state index in [0.29, 0.717) is 6.04 Å². The summed E-state index contributed by atoms with van der Waals surface area (Å²) in [4.78, 5) is 12.4. The molecule has 1 aromatic heterocycles. The van der Waals surface area contributed by atoms with Gasteiger partial charge in [-0.3, -0.25) is 0 Å². The SMILES string of the molecule is CCN(CC)CCCC(C)Nc1nc(-c2ccc3ccccc3c2)nc2c(Br)cccc12. The molecule has 0 saturated carbocycles. The van der Waals surface area contributed by atoms with Crippen LogP contribution in [0.4, 0.5) is 5.82 Å². The highest BCUT2D eigenvalue weighted by atomic mass is 79.9. The Kier molecular flexibility index (Phi) is 7.38. The first kappa shape index (κ1) is 22.7. The lowest BCUT2D eigenvalue weighted by atomic mass is 10.1. The van der Waals surface area contributed by atoms with E-state index in [1.807, 2.05) is 12.1 Å². The number of hydrogen-bond acceptors (Lipinski definition) is 4. The van der Waals surface area contributed by atoms with Crippen molar-refractivity contribution in [3.63, 3.8) is 0 Å². The summed E-state index contributed by atoms with van der Waals surface area (Å²) in [7, 11) is 0. The van der Waals surface area contributed by atoms with E-state index in [4.69, 9.17) is 9.97 Å². The van der Waals surface area contributed by atoms with Crippen molar-refractivity contribution in [3.05, 3.63) is 65.1 Å². The third-order valence-electron chi connectivity index (χ3n) is 6.07. The normalized spacial score (nSPS) is 12.5. The Balaban J connectivity index is 1.64. The molecule has 1 unspecified atom stereocenters. The first-order valence-corrected chi connectivity index (χ1v) is 12.3. The summed E-state index contributed by atoms with van der Waals surface area (Å²) in [5.74, 6) is 1.64. The average Bonchev–Trinajstić information content (AvgIpc) is 2.82. The lowest BCUT2D eigenvalue weighted by Gasteiger charge is -2.21. The van der Waals surface area contributed by atoms with Crippen molar-refractivity contribution in [3.8, 4) is 11.4 Å². The number of benzene rings is 3. The van der Waals surface area contributed by atoms with E-state index in [0.717, 1.165) is 58.6 Å². The van der Waals surface area contributed by atoms with Crippen LogP contribution < -0.4 is 5.32 Å². The van der Waals surface area contributed by atoms with Crippen molar-refractivity contribution < 1.29 is 0 Å². The van der Waals surface area contributed by atoms with E-state index in [1.54, 1.807) is 0 Å². The van der Waals surface area contributed by atoms with Gasteiger partial charge in [0.2, 0.25) is 0 Å². The molecular formula is C27H31BrN4. The van der Waals surface area contributed by atoms with E-state index in [9.17, 15) is 0 Å². The molecule has 0 aliphatic carbocycles. The molecule has 1 N–H and O–H groups in total. The van der Waals surface area contributed by atoms with E-state index in [-0.39, 0.29) is 0 Å². The first-order chi connectivity index (χ1) is 15.6. The number of nitrogens with zero attached hydrogens (tertiary/aromatic N) is 3. The molecular weight excluding hydrogens is 460 g/mol. The highest BCUT2D eigenvalue weighted by Crippen LogP contribution is 2.31. The standard InChI is InChI=1S/C27H31BrN4/c1-4-32(5-2)17-9-10-19(3)29-27-23-13-8-14-24(28)25(23)30-26(31-27)22-16-15-20-11-6-7-12-21(20)18-22/h6-8,11-16,18-19H,4-5,9-10,17H2,1-3H3,(H,29,30,31). The summed E-state index contributed by atoms with van der Waals surface area (Å²) in [6, 6.07) is 21.3. The van der Waals surface area contributed by atoms with Gasteiger partial charge in [0.25, 0.3) is 0 Å². The third-order valence-corrected chi connectivity index (χ3v) is 6.71. The minimum Gasteiger partial charge on any atom is -0.367 e. The number of hydrogen-bond donors (Lipinski definition) is 1. The molecule has 0 bridgehead atoms. The van der Waals surface area contributed by atoms with Gasteiger partial charge in [-0.25, -0.2) is 9.97 Å². The second-order valence-corrected chi connectivity index (χ2v) is 9.16. The Labute approximate surface area is 199 Å². The van der Waals surface area contributed by atoms with Crippen molar-refractivity contribution in [1.29, 1.82) is 0 Å². The fraction of sp³-hybridized carbons (Fsp3) is 0.333. The van der Waals surface area contributed by atoms with Crippen molar-refractivity contribution >= 4 is 43.4 Å². The Morgan fingerprint density at radius 2 is 1.72 bits per heavy atom. The highest BCUT2D eigenvalue weighted by Gasteiger charge is 2.14. The maximum atomic E-state index is 4.98. The molecule has 0 fully saturated rings. The minimum absolute atomic E-state index is 0.326. The molecule has 3 aromatic carbocycles. The molecule has 5 heteroatoms. The summed E-state index contributed by atoms with van der Waals surface area (Å²) in [5, 5.41) is 7.14. The average molecular weight is 491 g/mol. The number of aromatic nitrogens is 2. The van der Waals surface area contributed by atoms with Crippen LogP contribution >= 0.6 is 15.9 Å². The smallest absolute Gasteiger partial charge is 0.162 e. The number of para-hydroxylation sites is 1. The van der Waals surface area contributed by atoms with Gasteiger partial charge in [0.15, 0.2) is 5.82 Å². The lowest BCUT2D eigenvalue weighted by molar-refractivity contribution is 0.295. The van der Waals surface area contributed by atoms with Crippen LogP contribution in [0.2, 0.25) is 0 Å². The van der Waals surface area contributed by atoms with Gasteiger partial charge in [-0.2, -0.15) is 0 Å². The monoisotopic (exact) mass is 490 g/mol. The van der Waals surface area contributed by atoms with Gasteiger partial charge in [-0.15, -0.1) is 0 Å². The van der Waals surface area contributed by atoms with Gasteiger partial charge < -0.3 is 10.2 Å². The summed E-state index contributed by atoms with van der Waals surface area (Å²) < 4.78 is 0.983. The van der Waals surface area contributed by atoms with Crippen LogP contribution in [0.25, 0.3) is 33.1 Å². The fourth-order valence-electron chi connectivity index (χ4n) is 4.15. The van der Waals surface area contributed by atoms with Crippen LogP contribution in [0.15, 0.2) is 65.1 Å². The minimum atomic E-state index is 0.326. The molecule has 0 spiro atoms. The molecule has 0 aliphatic heterocycles. The number of nitrogens with one attached hydrogen (secondary N) is 1. The van der Waals surface area contributed by atoms with E-state index >= 15 is 0 Å². The molecule has 166 valence electrons. The summed E-state index contributed by atoms with van der Waals surface area (Å²) in [5.41, 5.74) is 1.96. The molecule has 1 atom stereocenters. The second kappa shape index (κ2) is 10.4. The zero-order valence-electron chi connectivity index (χ0n) is 19.1. The summed E-state index contributed by atoms with van der Waals surface area (Å²) in [6.07, 6.45) is 2.27.